The summed E-state index contributed by atoms with van der Waals surface area (Å²) < 4.78 is 14.7. The summed E-state index contributed by atoms with van der Waals surface area (Å²) in [5.74, 6) is -1.16. The van der Waals surface area contributed by atoms with Crippen LogP contribution in [0.5, 0.6) is 0 Å². The van der Waals surface area contributed by atoms with Crippen molar-refractivity contribution in [3.63, 3.8) is 0 Å². The van der Waals surface area contributed by atoms with Gasteiger partial charge in [0.2, 0.25) is 0 Å². The minimum atomic E-state index is -0.580. The topological polar surface area (TPSA) is 65.1 Å². The van der Waals surface area contributed by atoms with Crippen LogP contribution >= 0.6 is 0 Å². The molecule has 0 spiro atoms. The smallest absolute Gasteiger partial charge is 0.331 e. The van der Waals surface area contributed by atoms with E-state index in [1.165, 1.54) is 0 Å². The van der Waals surface area contributed by atoms with Crippen LogP contribution in [0, 0.1) is 0 Å². The molecule has 19 heavy (non-hydrogen) atoms. The molecule has 1 unspecified atom stereocenters. The maximum Gasteiger partial charge on any atom is 0.331 e. The van der Waals surface area contributed by atoms with E-state index in [1.54, 1.807) is 0 Å². The maximum atomic E-state index is 11.3. The van der Waals surface area contributed by atoms with Gasteiger partial charge in [-0.15, -0.1) is 0 Å². The summed E-state index contributed by atoms with van der Waals surface area (Å²) in [5, 5.41) is 0. The number of esters is 2. The Hall–Kier alpha value is -2.14. The summed E-state index contributed by atoms with van der Waals surface area (Å²) >= 11 is 0. The Labute approximate surface area is 110 Å². The van der Waals surface area contributed by atoms with Gasteiger partial charge < -0.3 is 14.2 Å². The van der Waals surface area contributed by atoms with Crippen LogP contribution in [-0.4, -0.2) is 31.3 Å². The molecule has 0 bridgehead atoms. The number of epoxide rings is 1. The second kappa shape index (κ2) is 6.70. The Balaban J connectivity index is 1.66. The lowest BCUT2D eigenvalue weighted by molar-refractivity contribution is -0.141. The van der Waals surface area contributed by atoms with Crippen LogP contribution in [-0.2, 0) is 30.4 Å². The highest BCUT2D eigenvalue weighted by Gasteiger charge is 2.23. The zero-order valence-electron chi connectivity index (χ0n) is 10.3. The van der Waals surface area contributed by atoms with Gasteiger partial charge in [-0.3, -0.25) is 0 Å². The third-order valence-electron chi connectivity index (χ3n) is 2.39. The van der Waals surface area contributed by atoms with Gasteiger partial charge >= 0.3 is 11.9 Å². The highest BCUT2D eigenvalue weighted by molar-refractivity contribution is 5.91. The Bertz CT molecular complexity index is 462. The summed E-state index contributed by atoms with van der Waals surface area (Å²) in [6, 6.07) is 9.29. The lowest BCUT2D eigenvalue weighted by atomic mass is 10.2. The van der Waals surface area contributed by atoms with Crippen molar-refractivity contribution >= 4 is 11.9 Å². The van der Waals surface area contributed by atoms with E-state index >= 15 is 0 Å². The van der Waals surface area contributed by atoms with Crippen molar-refractivity contribution in [2.75, 3.05) is 13.2 Å². The highest BCUT2D eigenvalue weighted by atomic mass is 16.6. The molecule has 1 aliphatic rings. The summed E-state index contributed by atoms with van der Waals surface area (Å²) in [5.41, 5.74) is 0.887. The van der Waals surface area contributed by atoms with Gasteiger partial charge in [-0.05, 0) is 5.56 Å². The van der Waals surface area contributed by atoms with Gasteiger partial charge in [0, 0.05) is 12.2 Å². The average molecular weight is 262 g/mol. The molecule has 0 aromatic heterocycles. The first-order chi connectivity index (χ1) is 9.24. The van der Waals surface area contributed by atoms with Crippen molar-refractivity contribution in [1.82, 2.24) is 0 Å². The molecule has 1 aliphatic heterocycles. The number of carbonyl (C=O) groups is 2. The van der Waals surface area contributed by atoms with Crippen LogP contribution in [0.4, 0.5) is 0 Å². The molecular formula is C14H14O5. The number of rotatable bonds is 6. The van der Waals surface area contributed by atoms with Crippen LogP contribution in [0.15, 0.2) is 42.5 Å². The monoisotopic (exact) mass is 262 g/mol. The molecule has 0 saturated carbocycles. The quantitative estimate of drug-likeness (QED) is 0.438. The third kappa shape index (κ3) is 5.35. The normalized spacial score (nSPS) is 17.2. The van der Waals surface area contributed by atoms with Gasteiger partial charge in [-0.1, -0.05) is 30.3 Å². The molecule has 2 rings (SSSR count). The molecule has 1 atom stereocenters. The fraction of sp³-hybridized carbons (Fsp3) is 0.286. The predicted molar refractivity (Wildman–Crippen MR) is 66.1 cm³/mol. The molecule has 1 aromatic rings. The van der Waals surface area contributed by atoms with Crippen LogP contribution in [0.1, 0.15) is 5.56 Å². The Morgan fingerprint density at radius 2 is 1.79 bits per heavy atom. The van der Waals surface area contributed by atoms with Crippen LogP contribution in [0.2, 0.25) is 0 Å². The number of benzene rings is 1. The summed E-state index contributed by atoms with van der Waals surface area (Å²) in [6.45, 7) is 1.02. The minimum Gasteiger partial charge on any atom is -0.460 e. The van der Waals surface area contributed by atoms with Crippen molar-refractivity contribution in [1.29, 1.82) is 0 Å². The van der Waals surface area contributed by atoms with Crippen molar-refractivity contribution in [2.24, 2.45) is 0 Å². The summed E-state index contributed by atoms with van der Waals surface area (Å²) in [7, 11) is 0. The third-order valence-corrected chi connectivity index (χ3v) is 2.39. The van der Waals surface area contributed by atoms with Crippen molar-refractivity contribution in [2.45, 2.75) is 12.7 Å². The minimum absolute atomic E-state index is 0.0161. The molecule has 100 valence electrons. The van der Waals surface area contributed by atoms with Crippen LogP contribution in [0.25, 0.3) is 0 Å². The largest absolute Gasteiger partial charge is 0.460 e. The zero-order chi connectivity index (χ0) is 13.5. The van der Waals surface area contributed by atoms with Gasteiger partial charge in [0.25, 0.3) is 0 Å². The van der Waals surface area contributed by atoms with Crippen molar-refractivity contribution in [3.8, 4) is 0 Å². The van der Waals surface area contributed by atoms with Gasteiger partial charge in [0.15, 0.2) is 0 Å². The van der Waals surface area contributed by atoms with E-state index in [0.717, 1.165) is 17.7 Å². The average Bonchev–Trinajstić information content (AvgIpc) is 3.26. The number of hydrogen-bond acceptors (Lipinski definition) is 5. The maximum absolute atomic E-state index is 11.3. The van der Waals surface area contributed by atoms with Gasteiger partial charge in [-0.25, -0.2) is 9.59 Å². The fourth-order valence-electron chi connectivity index (χ4n) is 1.30. The second-order valence-electron chi connectivity index (χ2n) is 4.01. The van der Waals surface area contributed by atoms with Crippen molar-refractivity contribution < 1.29 is 23.8 Å². The van der Waals surface area contributed by atoms with E-state index in [9.17, 15) is 9.59 Å². The first-order valence-corrected chi connectivity index (χ1v) is 5.91. The Kier molecular flexibility index (Phi) is 4.69. The molecule has 0 aliphatic carbocycles. The molecule has 0 N–H and O–H groups in total. The second-order valence-corrected chi connectivity index (χ2v) is 4.01. The molecule has 5 nitrogen and oxygen atoms in total. The molecule has 0 amide bonds. The van der Waals surface area contributed by atoms with E-state index < -0.39 is 11.9 Å². The first-order valence-electron chi connectivity index (χ1n) is 5.91. The standard InChI is InChI=1S/C14H14O5/c15-13(18-8-11-4-2-1-3-5-11)6-7-14(16)19-10-12-9-17-12/h1-7,12H,8-10H2/b7-6-. The van der Waals surface area contributed by atoms with E-state index in [-0.39, 0.29) is 19.3 Å². The first kappa shape index (κ1) is 13.3. The number of hydrogen-bond donors (Lipinski definition) is 0. The summed E-state index contributed by atoms with van der Waals surface area (Å²) in [4.78, 5) is 22.5. The van der Waals surface area contributed by atoms with Crippen molar-refractivity contribution in [3.05, 3.63) is 48.0 Å². The predicted octanol–water partition coefficient (Wildman–Crippen LogP) is 1.23. The fourth-order valence-corrected chi connectivity index (χ4v) is 1.30. The van der Waals surface area contributed by atoms with Crippen LogP contribution in [0.3, 0.4) is 0 Å². The van der Waals surface area contributed by atoms with Gasteiger partial charge in [0.1, 0.15) is 19.3 Å². The highest BCUT2D eigenvalue weighted by Crippen LogP contribution is 2.08. The molecule has 1 aromatic carbocycles. The lowest BCUT2D eigenvalue weighted by Crippen LogP contribution is -2.08. The van der Waals surface area contributed by atoms with Gasteiger partial charge in [0.05, 0.1) is 6.61 Å². The van der Waals surface area contributed by atoms with Crippen LogP contribution < -0.4 is 0 Å². The molecule has 5 heteroatoms. The lowest BCUT2D eigenvalue weighted by Gasteiger charge is -2.01. The Morgan fingerprint density at radius 1 is 1.16 bits per heavy atom. The number of ether oxygens (including phenoxy) is 3. The van der Waals surface area contributed by atoms with E-state index in [4.69, 9.17) is 14.2 Å². The molecular weight excluding hydrogens is 248 g/mol. The Morgan fingerprint density at radius 3 is 2.42 bits per heavy atom. The zero-order valence-corrected chi connectivity index (χ0v) is 10.3. The molecule has 1 saturated heterocycles. The van der Waals surface area contributed by atoms with Gasteiger partial charge in [-0.2, -0.15) is 0 Å². The molecule has 1 heterocycles. The van der Waals surface area contributed by atoms with E-state index in [1.807, 2.05) is 30.3 Å². The molecule has 0 radical (unpaired) electrons. The SMILES string of the molecule is O=C(/C=C\C(=O)OCC1CO1)OCc1ccccc1. The summed E-state index contributed by atoms with van der Waals surface area (Å²) in [6.07, 6.45) is 2.12. The van der Waals surface area contributed by atoms with E-state index in [2.05, 4.69) is 0 Å². The molecule has 1 fully saturated rings. The number of carbonyl (C=O) groups excluding carboxylic acids is 2. The van der Waals surface area contributed by atoms with E-state index in [0.29, 0.717) is 6.61 Å².